The average Bonchev–Trinajstić information content (AvgIpc) is 2.87. The fourth-order valence-corrected chi connectivity index (χ4v) is 2.27. The zero-order chi connectivity index (χ0) is 11.4. The average molecular weight is 236 g/mol. The highest BCUT2D eigenvalue weighted by Crippen LogP contribution is 2.19. The third-order valence-electron chi connectivity index (χ3n) is 2.33. The van der Waals surface area contributed by atoms with E-state index in [1.165, 1.54) is 4.88 Å². The maximum atomic E-state index is 4.34. The van der Waals surface area contributed by atoms with Gasteiger partial charge in [-0.2, -0.15) is 0 Å². The maximum Gasteiger partial charge on any atom is 0.182 e. The summed E-state index contributed by atoms with van der Waals surface area (Å²) in [5.74, 6) is 1.04. The minimum Gasteiger partial charge on any atom is -0.362 e. The van der Waals surface area contributed by atoms with Crippen molar-refractivity contribution in [3.63, 3.8) is 0 Å². The van der Waals surface area contributed by atoms with E-state index >= 15 is 0 Å². The van der Waals surface area contributed by atoms with E-state index in [9.17, 15) is 0 Å². The Bertz CT molecular complexity index is 446. The Balaban J connectivity index is 2.00. The molecule has 16 heavy (non-hydrogen) atoms. The van der Waals surface area contributed by atoms with Crippen molar-refractivity contribution in [2.75, 3.05) is 11.9 Å². The SMILES string of the molecule is CCCNc1ncc(Cn2ccnc2C)s1. The van der Waals surface area contributed by atoms with Crippen molar-refractivity contribution in [2.24, 2.45) is 0 Å². The predicted octanol–water partition coefficient (Wildman–Crippen LogP) is 2.52. The first-order valence-electron chi connectivity index (χ1n) is 5.46. The summed E-state index contributed by atoms with van der Waals surface area (Å²) in [4.78, 5) is 9.79. The monoisotopic (exact) mass is 236 g/mol. The van der Waals surface area contributed by atoms with Crippen LogP contribution in [0.15, 0.2) is 18.6 Å². The second-order valence-electron chi connectivity index (χ2n) is 3.66. The number of nitrogens with zero attached hydrogens (tertiary/aromatic N) is 3. The van der Waals surface area contributed by atoms with Gasteiger partial charge in [-0.3, -0.25) is 0 Å². The second-order valence-corrected chi connectivity index (χ2v) is 4.78. The molecule has 0 saturated carbocycles. The molecule has 1 N–H and O–H groups in total. The first-order valence-corrected chi connectivity index (χ1v) is 6.27. The van der Waals surface area contributed by atoms with Crippen LogP contribution in [-0.4, -0.2) is 21.1 Å². The van der Waals surface area contributed by atoms with E-state index in [0.29, 0.717) is 0 Å². The molecule has 2 rings (SSSR count). The summed E-state index contributed by atoms with van der Waals surface area (Å²) in [6.45, 7) is 6.00. The van der Waals surface area contributed by atoms with Gasteiger partial charge in [0, 0.05) is 30.0 Å². The Kier molecular flexibility index (Phi) is 3.56. The van der Waals surface area contributed by atoms with E-state index in [-0.39, 0.29) is 0 Å². The van der Waals surface area contributed by atoms with E-state index in [2.05, 4.69) is 26.8 Å². The summed E-state index contributed by atoms with van der Waals surface area (Å²) in [5.41, 5.74) is 0. The number of aromatic nitrogens is 3. The summed E-state index contributed by atoms with van der Waals surface area (Å²) in [7, 11) is 0. The summed E-state index contributed by atoms with van der Waals surface area (Å²) in [6, 6.07) is 0. The number of hydrogen-bond acceptors (Lipinski definition) is 4. The van der Waals surface area contributed by atoms with Crippen molar-refractivity contribution in [1.82, 2.24) is 14.5 Å². The van der Waals surface area contributed by atoms with Crippen LogP contribution in [0.2, 0.25) is 0 Å². The van der Waals surface area contributed by atoms with Crippen LogP contribution in [0.25, 0.3) is 0 Å². The topological polar surface area (TPSA) is 42.7 Å². The highest BCUT2D eigenvalue weighted by atomic mass is 32.1. The van der Waals surface area contributed by atoms with Crippen molar-refractivity contribution >= 4 is 16.5 Å². The number of thiazole rings is 1. The molecule has 0 aromatic carbocycles. The van der Waals surface area contributed by atoms with Crippen LogP contribution in [0.3, 0.4) is 0 Å². The molecule has 0 aliphatic rings. The predicted molar refractivity (Wildman–Crippen MR) is 67.0 cm³/mol. The Morgan fingerprint density at radius 1 is 1.44 bits per heavy atom. The third kappa shape index (κ3) is 2.61. The van der Waals surface area contributed by atoms with Crippen LogP contribution >= 0.6 is 11.3 Å². The van der Waals surface area contributed by atoms with E-state index in [1.807, 2.05) is 25.5 Å². The molecule has 0 saturated heterocycles. The quantitative estimate of drug-likeness (QED) is 0.867. The Morgan fingerprint density at radius 3 is 3.00 bits per heavy atom. The number of hydrogen-bond donors (Lipinski definition) is 1. The Labute approximate surface area is 99.4 Å². The van der Waals surface area contributed by atoms with Gasteiger partial charge in [-0.05, 0) is 13.3 Å². The van der Waals surface area contributed by atoms with E-state index in [4.69, 9.17) is 0 Å². The fraction of sp³-hybridized carbons (Fsp3) is 0.455. The van der Waals surface area contributed by atoms with E-state index in [0.717, 1.165) is 30.5 Å². The van der Waals surface area contributed by atoms with Gasteiger partial charge in [0.05, 0.1) is 6.54 Å². The highest BCUT2D eigenvalue weighted by molar-refractivity contribution is 7.15. The normalized spacial score (nSPS) is 10.6. The van der Waals surface area contributed by atoms with Gasteiger partial charge < -0.3 is 9.88 Å². The molecule has 0 radical (unpaired) electrons. The lowest BCUT2D eigenvalue weighted by molar-refractivity contribution is 0.770. The summed E-state index contributed by atoms with van der Waals surface area (Å²) in [5, 5.41) is 4.30. The second kappa shape index (κ2) is 5.12. The van der Waals surface area contributed by atoms with Crippen LogP contribution < -0.4 is 5.32 Å². The molecular weight excluding hydrogens is 220 g/mol. The number of imidazole rings is 1. The summed E-state index contributed by atoms with van der Waals surface area (Å²) < 4.78 is 2.12. The zero-order valence-electron chi connectivity index (χ0n) is 9.60. The largest absolute Gasteiger partial charge is 0.362 e. The molecule has 0 fully saturated rings. The highest BCUT2D eigenvalue weighted by Gasteiger charge is 2.03. The minimum absolute atomic E-state index is 0.858. The number of aryl methyl sites for hydroxylation is 1. The summed E-state index contributed by atoms with van der Waals surface area (Å²) >= 11 is 1.71. The van der Waals surface area contributed by atoms with Crippen LogP contribution in [-0.2, 0) is 6.54 Å². The number of anilines is 1. The molecule has 86 valence electrons. The lowest BCUT2D eigenvalue weighted by Gasteiger charge is -2.01. The Hall–Kier alpha value is -1.36. The molecule has 0 spiro atoms. The van der Waals surface area contributed by atoms with Gasteiger partial charge in [0.2, 0.25) is 0 Å². The molecule has 0 amide bonds. The molecule has 2 heterocycles. The molecule has 2 aromatic rings. The van der Waals surface area contributed by atoms with Gasteiger partial charge >= 0.3 is 0 Å². The molecule has 4 nitrogen and oxygen atoms in total. The van der Waals surface area contributed by atoms with Crippen molar-refractivity contribution in [3.05, 3.63) is 29.3 Å². The van der Waals surface area contributed by atoms with Crippen molar-refractivity contribution in [2.45, 2.75) is 26.8 Å². The van der Waals surface area contributed by atoms with Crippen molar-refractivity contribution < 1.29 is 0 Å². The van der Waals surface area contributed by atoms with Crippen LogP contribution in [0.1, 0.15) is 24.0 Å². The van der Waals surface area contributed by atoms with Gasteiger partial charge in [-0.15, -0.1) is 11.3 Å². The molecule has 0 aliphatic heterocycles. The van der Waals surface area contributed by atoms with Crippen LogP contribution in [0, 0.1) is 6.92 Å². The molecule has 0 atom stereocenters. The van der Waals surface area contributed by atoms with Gasteiger partial charge in [0.25, 0.3) is 0 Å². The van der Waals surface area contributed by atoms with Crippen LogP contribution in [0.5, 0.6) is 0 Å². The van der Waals surface area contributed by atoms with Crippen molar-refractivity contribution in [3.8, 4) is 0 Å². The molecule has 2 aromatic heterocycles. The molecule has 0 aliphatic carbocycles. The van der Waals surface area contributed by atoms with Crippen molar-refractivity contribution in [1.29, 1.82) is 0 Å². The van der Waals surface area contributed by atoms with Gasteiger partial charge in [0.1, 0.15) is 5.82 Å². The zero-order valence-corrected chi connectivity index (χ0v) is 10.4. The number of rotatable bonds is 5. The molecular formula is C11H16N4S. The minimum atomic E-state index is 0.858. The smallest absolute Gasteiger partial charge is 0.182 e. The van der Waals surface area contributed by atoms with Gasteiger partial charge in [-0.25, -0.2) is 9.97 Å². The van der Waals surface area contributed by atoms with Crippen LogP contribution in [0.4, 0.5) is 5.13 Å². The first kappa shape index (κ1) is 11.1. The third-order valence-corrected chi connectivity index (χ3v) is 3.27. The molecule has 0 unspecified atom stereocenters. The first-order chi connectivity index (χ1) is 7.79. The number of nitrogens with one attached hydrogen (secondary N) is 1. The summed E-state index contributed by atoms with van der Waals surface area (Å²) in [6.07, 6.45) is 6.87. The van der Waals surface area contributed by atoms with E-state index < -0.39 is 0 Å². The van der Waals surface area contributed by atoms with Gasteiger partial charge in [-0.1, -0.05) is 6.92 Å². The standard InChI is InChI=1S/C11H16N4S/c1-3-4-13-11-14-7-10(16-11)8-15-6-5-12-9(15)2/h5-7H,3-4,8H2,1-2H3,(H,13,14). The molecule has 5 heteroatoms. The fourth-order valence-electron chi connectivity index (χ4n) is 1.43. The maximum absolute atomic E-state index is 4.34. The lowest BCUT2D eigenvalue weighted by Crippen LogP contribution is -1.98. The van der Waals surface area contributed by atoms with Gasteiger partial charge in [0.15, 0.2) is 5.13 Å². The molecule has 0 bridgehead atoms. The van der Waals surface area contributed by atoms with E-state index in [1.54, 1.807) is 11.3 Å². The lowest BCUT2D eigenvalue weighted by atomic mass is 10.5. The Morgan fingerprint density at radius 2 is 2.31 bits per heavy atom.